The van der Waals surface area contributed by atoms with Gasteiger partial charge in [-0.05, 0) is 31.2 Å². The van der Waals surface area contributed by atoms with Crippen LogP contribution < -0.4 is 10.1 Å². The number of nitrogens with one attached hydrogen (secondary N) is 1. The van der Waals surface area contributed by atoms with Gasteiger partial charge in [0.1, 0.15) is 11.8 Å². The van der Waals surface area contributed by atoms with Gasteiger partial charge in [0.2, 0.25) is 5.91 Å². The Morgan fingerprint density at radius 3 is 2.33 bits per heavy atom. The molecule has 0 unspecified atom stereocenters. The lowest BCUT2D eigenvalue weighted by atomic mass is 10.0. The van der Waals surface area contributed by atoms with Crippen LogP contribution in [-0.4, -0.2) is 55.0 Å². The zero-order valence-electron chi connectivity index (χ0n) is 16.2. The summed E-state index contributed by atoms with van der Waals surface area (Å²) in [6, 6.07) is 17.3. The Labute approximate surface area is 161 Å². The van der Waals surface area contributed by atoms with Crippen molar-refractivity contribution in [2.24, 2.45) is 0 Å². The third kappa shape index (κ3) is 4.87. The number of carbonyl (C=O) groups excluding carboxylic acids is 1. The van der Waals surface area contributed by atoms with Gasteiger partial charge in [-0.15, -0.1) is 0 Å². The van der Waals surface area contributed by atoms with E-state index < -0.39 is 0 Å². The lowest BCUT2D eigenvalue weighted by Gasteiger charge is -2.38. The van der Waals surface area contributed by atoms with Crippen molar-refractivity contribution >= 4 is 11.6 Å². The summed E-state index contributed by atoms with van der Waals surface area (Å²) in [6.07, 6.45) is 0. The monoisotopic (exact) mass is 367 g/mol. The fourth-order valence-electron chi connectivity index (χ4n) is 3.55. The fraction of sp³-hybridized carbons (Fsp3) is 0.409. The number of para-hydroxylation sites is 2. The molecule has 2 aromatic rings. The fourth-order valence-corrected chi connectivity index (χ4v) is 3.55. The topological polar surface area (TPSA) is 44.8 Å². The number of hydrogen-bond acceptors (Lipinski definition) is 4. The quantitative estimate of drug-likeness (QED) is 0.815. The molecule has 0 spiro atoms. The number of ether oxygens (including phenoxy) is 1. The molecule has 1 saturated heterocycles. The van der Waals surface area contributed by atoms with Crippen LogP contribution in [0, 0.1) is 0 Å². The Kier molecular flexibility index (Phi) is 6.85. The first-order valence-corrected chi connectivity index (χ1v) is 9.77. The van der Waals surface area contributed by atoms with E-state index >= 15 is 0 Å². The van der Waals surface area contributed by atoms with Gasteiger partial charge in [-0.2, -0.15) is 0 Å². The maximum atomic E-state index is 13.3. The van der Waals surface area contributed by atoms with Gasteiger partial charge in [0, 0.05) is 26.2 Å². The SMILES string of the molecule is CCOc1ccccc1NC(=O)[C@H](c1ccccc1)N1CCN(CC)CC1. The van der Waals surface area contributed by atoms with E-state index in [1.54, 1.807) is 0 Å². The third-order valence-corrected chi connectivity index (χ3v) is 5.03. The van der Waals surface area contributed by atoms with Crippen LogP contribution in [0.3, 0.4) is 0 Å². The summed E-state index contributed by atoms with van der Waals surface area (Å²) < 4.78 is 5.66. The summed E-state index contributed by atoms with van der Waals surface area (Å²) in [4.78, 5) is 18.0. The number of nitrogens with zero attached hydrogens (tertiary/aromatic N) is 2. The first-order chi connectivity index (χ1) is 13.2. The molecule has 1 atom stereocenters. The van der Waals surface area contributed by atoms with Crippen molar-refractivity contribution in [3.63, 3.8) is 0 Å². The number of hydrogen-bond donors (Lipinski definition) is 1. The smallest absolute Gasteiger partial charge is 0.246 e. The van der Waals surface area contributed by atoms with Crippen LogP contribution >= 0.6 is 0 Å². The first-order valence-electron chi connectivity index (χ1n) is 9.77. The number of carbonyl (C=O) groups is 1. The van der Waals surface area contributed by atoms with E-state index in [0.29, 0.717) is 12.4 Å². The Balaban J connectivity index is 1.82. The van der Waals surface area contributed by atoms with Gasteiger partial charge in [0.05, 0.1) is 12.3 Å². The molecule has 5 nitrogen and oxygen atoms in total. The van der Waals surface area contributed by atoms with Crippen LogP contribution in [0.25, 0.3) is 0 Å². The highest BCUT2D eigenvalue weighted by molar-refractivity contribution is 5.96. The highest BCUT2D eigenvalue weighted by Crippen LogP contribution is 2.28. The van der Waals surface area contributed by atoms with Crippen LogP contribution in [0.4, 0.5) is 5.69 Å². The first kappa shape index (κ1) is 19.4. The highest BCUT2D eigenvalue weighted by Gasteiger charge is 2.30. The van der Waals surface area contributed by atoms with Gasteiger partial charge in [-0.25, -0.2) is 0 Å². The second kappa shape index (κ2) is 9.53. The second-order valence-electron chi connectivity index (χ2n) is 6.70. The summed E-state index contributed by atoms with van der Waals surface area (Å²) in [6.45, 7) is 9.49. The van der Waals surface area contributed by atoms with E-state index in [9.17, 15) is 4.79 Å². The van der Waals surface area contributed by atoms with Crippen LogP contribution in [0.2, 0.25) is 0 Å². The Bertz CT molecular complexity index is 727. The minimum atomic E-state index is -0.306. The van der Waals surface area contributed by atoms with Crippen molar-refractivity contribution in [1.82, 2.24) is 9.80 Å². The Morgan fingerprint density at radius 1 is 1.00 bits per heavy atom. The minimum absolute atomic E-state index is 0.0155. The second-order valence-corrected chi connectivity index (χ2v) is 6.70. The molecule has 3 rings (SSSR count). The third-order valence-electron chi connectivity index (χ3n) is 5.03. The van der Waals surface area contributed by atoms with Crippen molar-refractivity contribution in [3.05, 3.63) is 60.2 Å². The molecule has 1 heterocycles. The number of anilines is 1. The summed E-state index contributed by atoms with van der Waals surface area (Å²) in [7, 11) is 0. The number of piperazine rings is 1. The summed E-state index contributed by atoms with van der Waals surface area (Å²) in [5.74, 6) is 0.689. The molecule has 0 radical (unpaired) electrons. The van der Waals surface area contributed by atoms with Crippen LogP contribution in [0.1, 0.15) is 25.5 Å². The van der Waals surface area contributed by atoms with Crippen molar-refractivity contribution in [1.29, 1.82) is 0 Å². The van der Waals surface area contributed by atoms with Gasteiger partial charge >= 0.3 is 0 Å². The molecule has 0 bridgehead atoms. The molecular formula is C22H29N3O2. The van der Waals surface area contributed by atoms with E-state index in [2.05, 4.69) is 22.0 Å². The molecule has 2 aromatic carbocycles. The van der Waals surface area contributed by atoms with Gasteiger partial charge in [0.15, 0.2) is 0 Å². The lowest BCUT2D eigenvalue weighted by Crippen LogP contribution is -2.49. The molecule has 1 fully saturated rings. The van der Waals surface area contributed by atoms with E-state index in [0.717, 1.165) is 44.0 Å². The van der Waals surface area contributed by atoms with Crippen molar-refractivity contribution in [2.75, 3.05) is 44.6 Å². The molecule has 1 N–H and O–H groups in total. The van der Waals surface area contributed by atoms with Crippen LogP contribution in [-0.2, 0) is 4.79 Å². The predicted octanol–water partition coefficient (Wildman–Crippen LogP) is 3.40. The molecule has 1 amide bonds. The number of rotatable bonds is 7. The molecule has 27 heavy (non-hydrogen) atoms. The molecule has 144 valence electrons. The number of benzene rings is 2. The maximum absolute atomic E-state index is 13.3. The highest BCUT2D eigenvalue weighted by atomic mass is 16.5. The van der Waals surface area contributed by atoms with E-state index in [1.807, 2.05) is 61.5 Å². The minimum Gasteiger partial charge on any atom is -0.492 e. The van der Waals surface area contributed by atoms with Crippen molar-refractivity contribution in [3.8, 4) is 5.75 Å². The van der Waals surface area contributed by atoms with Gasteiger partial charge in [-0.1, -0.05) is 49.4 Å². The van der Waals surface area contributed by atoms with Gasteiger partial charge < -0.3 is 15.0 Å². The van der Waals surface area contributed by atoms with E-state index in [4.69, 9.17) is 4.74 Å². The zero-order valence-corrected chi connectivity index (χ0v) is 16.2. The van der Waals surface area contributed by atoms with Crippen molar-refractivity contribution in [2.45, 2.75) is 19.9 Å². The molecule has 5 heteroatoms. The van der Waals surface area contributed by atoms with Crippen LogP contribution in [0.15, 0.2) is 54.6 Å². The Hall–Kier alpha value is -2.37. The normalized spacial score (nSPS) is 16.7. The zero-order chi connectivity index (χ0) is 19.1. The summed E-state index contributed by atoms with van der Waals surface area (Å²) in [5, 5.41) is 3.10. The largest absolute Gasteiger partial charge is 0.492 e. The number of likely N-dealkylation sites (N-methyl/N-ethyl adjacent to an activating group) is 1. The maximum Gasteiger partial charge on any atom is 0.246 e. The lowest BCUT2D eigenvalue weighted by molar-refractivity contribution is -0.122. The molecule has 0 aromatic heterocycles. The Morgan fingerprint density at radius 2 is 1.67 bits per heavy atom. The summed E-state index contributed by atoms with van der Waals surface area (Å²) in [5.41, 5.74) is 1.74. The van der Waals surface area contributed by atoms with Crippen molar-refractivity contribution < 1.29 is 9.53 Å². The van der Waals surface area contributed by atoms with Crippen LogP contribution in [0.5, 0.6) is 5.75 Å². The summed E-state index contributed by atoms with van der Waals surface area (Å²) >= 11 is 0. The average Bonchev–Trinajstić information content (AvgIpc) is 2.71. The molecular weight excluding hydrogens is 338 g/mol. The molecule has 1 aliphatic rings. The average molecular weight is 367 g/mol. The number of amides is 1. The molecule has 1 aliphatic heterocycles. The van der Waals surface area contributed by atoms with E-state index in [1.165, 1.54) is 0 Å². The van der Waals surface area contributed by atoms with Gasteiger partial charge in [0.25, 0.3) is 0 Å². The predicted molar refractivity (Wildman–Crippen MR) is 109 cm³/mol. The van der Waals surface area contributed by atoms with E-state index in [-0.39, 0.29) is 11.9 Å². The molecule has 0 aliphatic carbocycles. The molecule has 0 saturated carbocycles. The standard InChI is InChI=1S/C22H29N3O2/c1-3-24-14-16-25(17-15-24)21(18-10-6-5-7-11-18)22(26)23-19-12-8-9-13-20(19)27-4-2/h5-13,21H,3-4,14-17H2,1-2H3,(H,23,26)/t21-/m0/s1. The van der Waals surface area contributed by atoms with Gasteiger partial charge in [-0.3, -0.25) is 9.69 Å².